The van der Waals surface area contributed by atoms with E-state index in [4.69, 9.17) is 11.6 Å². The van der Waals surface area contributed by atoms with Crippen molar-refractivity contribution in [2.75, 3.05) is 7.11 Å². The maximum Gasteiger partial charge on any atom is 0.308 e. The van der Waals surface area contributed by atoms with Gasteiger partial charge in [-0.25, -0.2) is 4.39 Å². The van der Waals surface area contributed by atoms with Gasteiger partial charge in [-0.1, -0.05) is 11.6 Å². The highest BCUT2D eigenvalue weighted by atomic mass is 35.5. The van der Waals surface area contributed by atoms with E-state index in [1.807, 2.05) is 0 Å². The second kappa shape index (κ2) is 6.13. The second-order valence-corrected chi connectivity index (χ2v) is 4.32. The Morgan fingerprint density at radius 2 is 2.11 bits per heavy atom. The number of hydrogen-bond acceptors (Lipinski definition) is 4. The number of hydrogen-bond donors (Lipinski definition) is 2. The number of halogens is 2. The molecule has 0 aliphatic heterocycles. The summed E-state index contributed by atoms with van der Waals surface area (Å²) in [4.78, 5) is 11.0. The van der Waals surface area contributed by atoms with Gasteiger partial charge in [-0.2, -0.15) is 0 Å². The van der Waals surface area contributed by atoms with Gasteiger partial charge in [-0.15, -0.1) is 0 Å². The van der Waals surface area contributed by atoms with Crippen LogP contribution in [0.2, 0.25) is 5.02 Å². The summed E-state index contributed by atoms with van der Waals surface area (Å²) in [5.74, 6) is -1.22. The van der Waals surface area contributed by atoms with Crippen LogP contribution in [-0.4, -0.2) is 29.4 Å². The molecule has 0 amide bonds. The van der Waals surface area contributed by atoms with Crippen LogP contribution in [0.15, 0.2) is 12.1 Å². The molecule has 2 N–H and O–H groups in total. The average molecular weight is 277 g/mol. The van der Waals surface area contributed by atoms with Crippen LogP contribution in [0.1, 0.15) is 23.7 Å². The molecule has 0 saturated carbocycles. The number of methoxy groups -OCH3 is 1. The largest absolute Gasteiger partial charge is 0.469 e. The van der Waals surface area contributed by atoms with Gasteiger partial charge in [0.1, 0.15) is 11.9 Å². The molecule has 1 rings (SSSR count). The summed E-state index contributed by atoms with van der Waals surface area (Å²) in [6.45, 7) is 1.53. The molecule has 18 heavy (non-hydrogen) atoms. The molecule has 0 aliphatic carbocycles. The average Bonchev–Trinajstić information content (AvgIpc) is 2.32. The summed E-state index contributed by atoms with van der Waals surface area (Å²) in [7, 11) is 1.17. The lowest BCUT2D eigenvalue weighted by Crippen LogP contribution is -2.23. The van der Waals surface area contributed by atoms with Crippen LogP contribution in [-0.2, 0) is 9.53 Å². The first kappa shape index (κ1) is 14.9. The topological polar surface area (TPSA) is 66.8 Å². The lowest BCUT2D eigenvalue weighted by atomic mass is 10.0. The third kappa shape index (κ3) is 3.41. The first-order chi connectivity index (χ1) is 8.36. The minimum Gasteiger partial charge on any atom is -0.469 e. The van der Waals surface area contributed by atoms with E-state index in [0.717, 1.165) is 6.07 Å². The van der Waals surface area contributed by atoms with Gasteiger partial charge < -0.3 is 14.9 Å². The van der Waals surface area contributed by atoms with Crippen LogP contribution in [0.5, 0.6) is 0 Å². The Bertz CT molecular complexity index is 450. The number of aliphatic hydroxyl groups excluding tert-OH is 2. The molecule has 0 bridgehead atoms. The maximum atomic E-state index is 13.4. The molecule has 0 spiro atoms. The molecular weight excluding hydrogens is 263 g/mol. The summed E-state index contributed by atoms with van der Waals surface area (Å²) in [5.41, 5.74) is 0.370. The van der Waals surface area contributed by atoms with Gasteiger partial charge in [0.05, 0.1) is 19.6 Å². The highest BCUT2D eigenvalue weighted by molar-refractivity contribution is 6.31. The standard InChI is InChI=1S/C12H14ClFO4/c1-6-3-8(13)7(4-9(6)14)12(17)10(15)5-11(16)18-2/h3-4,10,12,15,17H,5H2,1-2H3. The molecule has 4 nitrogen and oxygen atoms in total. The summed E-state index contributed by atoms with van der Waals surface area (Å²) >= 11 is 5.86. The maximum absolute atomic E-state index is 13.4. The molecule has 0 radical (unpaired) electrons. The Hall–Kier alpha value is -1.17. The number of ether oxygens (including phenoxy) is 1. The zero-order chi connectivity index (χ0) is 13.9. The summed E-state index contributed by atoms with van der Waals surface area (Å²) in [5, 5.41) is 19.6. The fraction of sp³-hybridized carbons (Fsp3) is 0.417. The monoisotopic (exact) mass is 276 g/mol. The fourth-order valence-electron chi connectivity index (χ4n) is 1.46. The van der Waals surface area contributed by atoms with Crippen molar-refractivity contribution in [3.63, 3.8) is 0 Å². The van der Waals surface area contributed by atoms with Gasteiger partial charge in [0.25, 0.3) is 0 Å². The van der Waals surface area contributed by atoms with Crippen molar-refractivity contribution in [2.24, 2.45) is 0 Å². The third-order valence-electron chi connectivity index (χ3n) is 2.56. The van der Waals surface area contributed by atoms with Gasteiger partial charge in [-0.3, -0.25) is 4.79 Å². The molecule has 0 aliphatic rings. The highest BCUT2D eigenvalue weighted by Gasteiger charge is 2.24. The number of benzene rings is 1. The number of aryl methyl sites for hydroxylation is 1. The first-order valence-electron chi connectivity index (χ1n) is 5.25. The number of aliphatic hydroxyl groups is 2. The highest BCUT2D eigenvalue weighted by Crippen LogP contribution is 2.29. The van der Waals surface area contributed by atoms with Crippen LogP contribution >= 0.6 is 11.6 Å². The predicted molar refractivity (Wildman–Crippen MR) is 63.7 cm³/mol. The molecular formula is C12H14ClFO4. The van der Waals surface area contributed by atoms with Crippen LogP contribution in [0.3, 0.4) is 0 Å². The molecule has 100 valence electrons. The van der Waals surface area contributed by atoms with Crippen molar-refractivity contribution in [1.29, 1.82) is 0 Å². The van der Waals surface area contributed by atoms with Crippen LogP contribution < -0.4 is 0 Å². The minimum absolute atomic E-state index is 0.0381. The lowest BCUT2D eigenvalue weighted by Gasteiger charge is -2.18. The molecule has 1 aromatic carbocycles. The number of rotatable bonds is 4. The Morgan fingerprint density at radius 3 is 2.67 bits per heavy atom. The molecule has 0 aromatic heterocycles. The molecule has 0 heterocycles. The van der Waals surface area contributed by atoms with Gasteiger partial charge in [0, 0.05) is 10.6 Å². The number of esters is 1. The molecule has 6 heteroatoms. The van der Waals surface area contributed by atoms with Crippen molar-refractivity contribution in [3.8, 4) is 0 Å². The molecule has 2 unspecified atom stereocenters. The third-order valence-corrected chi connectivity index (χ3v) is 2.89. The van der Waals surface area contributed by atoms with E-state index in [1.54, 1.807) is 0 Å². The van der Waals surface area contributed by atoms with Crippen molar-refractivity contribution in [1.82, 2.24) is 0 Å². The smallest absolute Gasteiger partial charge is 0.308 e. The Balaban J connectivity index is 2.93. The second-order valence-electron chi connectivity index (χ2n) is 3.92. The zero-order valence-corrected chi connectivity index (χ0v) is 10.7. The van der Waals surface area contributed by atoms with E-state index >= 15 is 0 Å². The quantitative estimate of drug-likeness (QED) is 0.822. The lowest BCUT2D eigenvalue weighted by molar-refractivity contribution is -0.144. The van der Waals surface area contributed by atoms with E-state index in [2.05, 4.69) is 4.74 Å². The molecule has 1 aromatic rings. The number of carbonyl (C=O) groups excluding carboxylic acids is 1. The Morgan fingerprint density at radius 1 is 1.50 bits per heavy atom. The molecule has 0 fully saturated rings. The fourth-order valence-corrected chi connectivity index (χ4v) is 1.79. The Kier molecular flexibility index (Phi) is 5.07. The Labute approximate surface area is 109 Å². The van der Waals surface area contributed by atoms with E-state index in [0.29, 0.717) is 5.56 Å². The van der Waals surface area contributed by atoms with Gasteiger partial charge >= 0.3 is 5.97 Å². The molecule has 2 atom stereocenters. The van der Waals surface area contributed by atoms with Crippen molar-refractivity contribution in [2.45, 2.75) is 25.6 Å². The number of carbonyl (C=O) groups is 1. The van der Waals surface area contributed by atoms with Crippen molar-refractivity contribution < 1.29 is 24.1 Å². The minimum atomic E-state index is -1.45. The SMILES string of the molecule is COC(=O)CC(O)C(O)c1cc(F)c(C)cc1Cl. The normalized spacial score (nSPS) is 14.1. The van der Waals surface area contributed by atoms with Crippen LogP contribution in [0.4, 0.5) is 4.39 Å². The van der Waals surface area contributed by atoms with Crippen molar-refractivity contribution >= 4 is 17.6 Å². The summed E-state index contributed by atoms with van der Waals surface area (Å²) in [6, 6.07) is 2.39. The van der Waals surface area contributed by atoms with Crippen LogP contribution in [0, 0.1) is 12.7 Å². The van der Waals surface area contributed by atoms with E-state index in [9.17, 15) is 19.4 Å². The van der Waals surface area contributed by atoms with Gasteiger partial charge in [-0.05, 0) is 24.6 Å². The van der Waals surface area contributed by atoms with Crippen LogP contribution in [0.25, 0.3) is 0 Å². The zero-order valence-electron chi connectivity index (χ0n) is 9.98. The molecule has 0 saturated heterocycles. The van der Waals surface area contributed by atoms with Crippen molar-refractivity contribution in [3.05, 3.63) is 34.1 Å². The van der Waals surface area contributed by atoms with E-state index in [-0.39, 0.29) is 10.6 Å². The summed E-state index contributed by atoms with van der Waals surface area (Å²) in [6.07, 6.45) is -3.26. The summed E-state index contributed by atoms with van der Waals surface area (Å²) < 4.78 is 17.7. The van der Waals surface area contributed by atoms with E-state index < -0.39 is 30.4 Å². The van der Waals surface area contributed by atoms with Gasteiger partial charge in [0.15, 0.2) is 0 Å². The van der Waals surface area contributed by atoms with Gasteiger partial charge in [0.2, 0.25) is 0 Å². The predicted octanol–water partition coefficient (Wildman–Crippen LogP) is 1.74. The van der Waals surface area contributed by atoms with E-state index in [1.165, 1.54) is 20.1 Å². The first-order valence-corrected chi connectivity index (χ1v) is 5.63.